The van der Waals surface area contributed by atoms with Crippen molar-refractivity contribution in [3.8, 4) is 16.3 Å². The largest absolute Gasteiger partial charge is 0.485 e. The normalized spacial score (nSPS) is 17.0. The van der Waals surface area contributed by atoms with E-state index in [9.17, 15) is 19.5 Å². The number of hydrogen-bond acceptors (Lipinski definition) is 7. The molecule has 3 atom stereocenters. The summed E-state index contributed by atoms with van der Waals surface area (Å²) in [7, 11) is 1.68. The van der Waals surface area contributed by atoms with Crippen molar-refractivity contribution in [1.29, 1.82) is 0 Å². The molecule has 1 aromatic heterocycles. The predicted octanol–water partition coefficient (Wildman–Crippen LogP) is 5.45. The first kappa shape index (κ1) is 30.7. The van der Waals surface area contributed by atoms with E-state index in [1.165, 1.54) is 16.2 Å². The van der Waals surface area contributed by atoms with E-state index in [0.29, 0.717) is 23.5 Å². The minimum atomic E-state index is -0.544. The molecule has 11 heteroatoms. The van der Waals surface area contributed by atoms with E-state index < -0.39 is 12.1 Å². The van der Waals surface area contributed by atoms with Crippen molar-refractivity contribution >= 4 is 40.6 Å². The van der Waals surface area contributed by atoms with Gasteiger partial charge in [0.2, 0.25) is 0 Å². The molecule has 0 aliphatic carbocycles. The molecular weight excluding hydrogens is 578 g/mol. The van der Waals surface area contributed by atoms with Crippen molar-refractivity contribution in [3.05, 3.63) is 95.5 Å². The molecule has 0 fully saturated rings. The van der Waals surface area contributed by atoms with Crippen LogP contribution in [0.25, 0.3) is 10.6 Å². The SMILES string of the molecule is C[C@H]1CN([C@@H](C)CO)C(=O)c2cccc(NC(=O)c3ccc(-c4nccs4)cc3)c2O[C@@H]1CN(C)C(=O)Nc1ccccc1. The third-order valence-electron chi connectivity index (χ3n) is 7.59. The van der Waals surface area contributed by atoms with Gasteiger partial charge in [-0.05, 0) is 43.3 Å². The first-order valence-corrected chi connectivity index (χ1v) is 15.2. The zero-order valence-corrected chi connectivity index (χ0v) is 25.6. The standard InChI is InChI=1S/C33H35N5O5S/c1-21-18-38(22(2)20-39)32(41)26-10-7-11-27(36-30(40)23-12-14-24(15-13-23)31-34-16-17-44-31)29(26)43-28(21)19-37(3)33(42)35-25-8-5-4-6-9-25/h4-17,21-22,28,39H,18-20H2,1-3H3,(H,35,42)(H,36,40)/t21-,22-,28+/m0/s1. The van der Waals surface area contributed by atoms with Gasteiger partial charge in [0.25, 0.3) is 11.8 Å². The van der Waals surface area contributed by atoms with E-state index in [-0.39, 0.29) is 48.2 Å². The zero-order chi connectivity index (χ0) is 31.2. The molecule has 4 amide bonds. The molecule has 1 aliphatic rings. The van der Waals surface area contributed by atoms with Crippen LogP contribution in [0.5, 0.6) is 5.75 Å². The molecule has 44 heavy (non-hydrogen) atoms. The lowest BCUT2D eigenvalue weighted by atomic mass is 9.99. The maximum atomic E-state index is 13.8. The van der Waals surface area contributed by atoms with E-state index in [1.807, 2.05) is 42.6 Å². The zero-order valence-electron chi connectivity index (χ0n) is 24.8. The third kappa shape index (κ3) is 6.90. The number of nitrogens with zero attached hydrogens (tertiary/aromatic N) is 3. The molecule has 5 rings (SSSR count). The summed E-state index contributed by atoms with van der Waals surface area (Å²) in [5.74, 6) is -0.693. The van der Waals surface area contributed by atoms with Gasteiger partial charge in [-0.25, -0.2) is 9.78 Å². The highest BCUT2D eigenvalue weighted by atomic mass is 32.1. The van der Waals surface area contributed by atoms with Gasteiger partial charge in [-0.3, -0.25) is 9.59 Å². The number of carbonyl (C=O) groups excluding carboxylic acids is 3. The number of rotatable bonds is 8. The molecule has 10 nitrogen and oxygen atoms in total. The van der Waals surface area contributed by atoms with Crippen LogP contribution in [0.3, 0.4) is 0 Å². The van der Waals surface area contributed by atoms with Crippen LogP contribution >= 0.6 is 11.3 Å². The first-order chi connectivity index (χ1) is 21.2. The summed E-state index contributed by atoms with van der Waals surface area (Å²) >= 11 is 1.51. The monoisotopic (exact) mass is 613 g/mol. The van der Waals surface area contributed by atoms with E-state index in [0.717, 1.165) is 10.6 Å². The molecule has 0 unspecified atom stereocenters. The molecule has 228 valence electrons. The van der Waals surface area contributed by atoms with Crippen molar-refractivity contribution in [1.82, 2.24) is 14.8 Å². The average Bonchev–Trinajstić information content (AvgIpc) is 3.58. The summed E-state index contributed by atoms with van der Waals surface area (Å²) in [6, 6.07) is 20.5. The van der Waals surface area contributed by atoms with Crippen LogP contribution in [0.2, 0.25) is 0 Å². The number of carbonyl (C=O) groups is 3. The number of thiazole rings is 1. The molecule has 3 N–H and O–H groups in total. The third-order valence-corrected chi connectivity index (χ3v) is 8.41. The number of urea groups is 1. The fourth-order valence-electron chi connectivity index (χ4n) is 4.98. The van der Waals surface area contributed by atoms with Gasteiger partial charge >= 0.3 is 6.03 Å². The van der Waals surface area contributed by atoms with E-state index in [2.05, 4.69) is 15.6 Å². The fourth-order valence-corrected chi connectivity index (χ4v) is 5.62. The number of likely N-dealkylation sites (N-methyl/N-ethyl adjacent to an activating group) is 1. The van der Waals surface area contributed by atoms with Gasteiger partial charge in [-0.2, -0.15) is 0 Å². The van der Waals surface area contributed by atoms with Crippen LogP contribution in [-0.4, -0.2) is 76.6 Å². The maximum Gasteiger partial charge on any atom is 0.321 e. The number of aliphatic hydroxyl groups excluding tert-OH is 1. The van der Waals surface area contributed by atoms with E-state index >= 15 is 0 Å². The highest BCUT2D eigenvalue weighted by Gasteiger charge is 2.35. The number of nitrogens with one attached hydrogen (secondary N) is 2. The number of ether oxygens (including phenoxy) is 1. The molecule has 3 aromatic carbocycles. The Morgan fingerprint density at radius 3 is 2.52 bits per heavy atom. The Labute approximate surface area is 260 Å². The molecule has 0 bridgehead atoms. The van der Waals surface area contributed by atoms with Crippen molar-refractivity contribution in [3.63, 3.8) is 0 Å². The van der Waals surface area contributed by atoms with Crippen LogP contribution in [-0.2, 0) is 0 Å². The molecule has 2 heterocycles. The van der Waals surface area contributed by atoms with Crippen molar-refractivity contribution in [2.75, 3.05) is 37.4 Å². The molecule has 1 aliphatic heterocycles. The maximum absolute atomic E-state index is 13.8. The Morgan fingerprint density at radius 1 is 1.09 bits per heavy atom. The predicted molar refractivity (Wildman–Crippen MR) is 171 cm³/mol. The van der Waals surface area contributed by atoms with E-state index in [4.69, 9.17) is 4.74 Å². The highest BCUT2D eigenvalue weighted by Crippen LogP contribution is 2.35. The Morgan fingerprint density at radius 2 is 1.84 bits per heavy atom. The summed E-state index contributed by atoms with van der Waals surface area (Å²) in [5.41, 5.74) is 2.59. The quantitative estimate of drug-likeness (QED) is 0.243. The van der Waals surface area contributed by atoms with Crippen LogP contribution in [0.4, 0.5) is 16.2 Å². The number of fused-ring (bicyclic) bond motifs is 1. The van der Waals surface area contributed by atoms with Crippen LogP contribution < -0.4 is 15.4 Å². The van der Waals surface area contributed by atoms with Crippen molar-refractivity contribution < 1.29 is 24.2 Å². The lowest BCUT2D eigenvalue weighted by Gasteiger charge is -2.38. The number of hydrogen-bond donors (Lipinski definition) is 3. The van der Waals surface area contributed by atoms with Crippen molar-refractivity contribution in [2.24, 2.45) is 5.92 Å². The summed E-state index contributed by atoms with van der Waals surface area (Å²) < 4.78 is 6.54. The number of anilines is 2. The Hall–Kier alpha value is -4.74. The van der Waals surface area contributed by atoms with Gasteiger partial charge in [0.15, 0.2) is 5.75 Å². The van der Waals surface area contributed by atoms with Gasteiger partial charge < -0.3 is 30.3 Å². The minimum absolute atomic E-state index is 0.204. The van der Waals surface area contributed by atoms with Gasteiger partial charge in [0.1, 0.15) is 11.1 Å². The fraction of sp³-hybridized carbons (Fsp3) is 0.273. The second-order valence-electron chi connectivity index (χ2n) is 10.9. The topological polar surface area (TPSA) is 124 Å². The Balaban J connectivity index is 1.42. The van der Waals surface area contributed by atoms with E-state index in [1.54, 1.807) is 67.5 Å². The number of aromatic nitrogens is 1. The first-order valence-electron chi connectivity index (χ1n) is 14.3. The smallest absolute Gasteiger partial charge is 0.321 e. The number of amides is 4. The molecule has 0 spiro atoms. The number of benzene rings is 3. The Bertz CT molecular complexity index is 1600. The molecule has 0 radical (unpaired) electrons. The van der Waals surface area contributed by atoms with Gasteiger partial charge in [-0.15, -0.1) is 11.3 Å². The Kier molecular flexibility index (Phi) is 9.56. The summed E-state index contributed by atoms with van der Waals surface area (Å²) in [6.07, 6.45) is 1.19. The molecular formula is C33H35N5O5S. The van der Waals surface area contributed by atoms with Gasteiger partial charge in [0.05, 0.1) is 30.4 Å². The molecule has 0 saturated carbocycles. The summed E-state index contributed by atoms with van der Waals surface area (Å²) in [4.78, 5) is 47.6. The van der Waals surface area contributed by atoms with Crippen molar-refractivity contribution in [2.45, 2.75) is 26.0 Å². The summed E-state index contributed by atoms with van der Waals surface area (Å²) in [5, 5.41) is 18.5. The molecule has 0 saturated heterocycles. The highest BCUT2D eigenvalue weighted by molar-refractivity contribution is 7.13. The summed E-state index contributed by atoms with van der Waals surface area (Å²) in [6.45, 7) is 4.01. The number of aliphatic hydroxyl groups is 1. The second kappa shape index (κ2) is 13.7. The number of para-hydroxylation sites is 2. The van der Waals surface area contributed by atoms with Crippen LogP contribution in [0, 0.1) is 5.92 Å². The lowest BCUT2D eigenvalue weighted by Crippen LogP contribution is -2.50. The molecule has 4 aromatic rings. The van der Waals surface area contributed by atoms with Gasteiger partial charge in [0, 0.05) is 47.9 Å². The van der Waals surface area contributed by atoms with Gasteiger partial charge in [-0.1, -0.05) is 43.3 Å². The average molecular weight is 614 g/mol. The van der Waals surface area contributed by atoms with Crippen LogP contribution in [0.1, 0.15) is 34.6 Å². The second-order valence-corrected chi connectivity index (χ2v) is 11.7. The minimum Gasteiger partial charge on any atom is -0.485 e. The van der Waals surface area contributed by atoms with Crippen LogP contribution in [0.15, 0.2) is 84.4 Å². The lowest BCUT2D eigenvalue weighted by molar-refractivity contribution is 0.0372.